The molecule has 0 spiro atoms. The molecular formula is C19H14F5N3O2. The molecule has 2 aromatic carbocycles. The largest absolute Gasteiger partial charge is 0.435 e. The van der Waals surface area contributed by atoms with Crippen molar-refractivity contribution in [1.29, 1.82) is 0 Å². The summed E-state index contributed by atoms with van der Waals surface area (Å²) in [5.74, 6) is -0.585. The summed E-state index contributed by atoms with van der Waals surface area (Å²) in [5, 5.41) is 6.58. The molecule has 0 aliphatic rings. The number of carbonyl (C=O) groups is 1. The molecule has 0 radical (unpaired) electrons. The molecule has 0 bridgehead atoms. The summed E-state index contributed by atoms with van der Waals surface area (Å²) < 4.78 is 68.2. The number of aromatic nitrogens is 2. The predicted octanol–water partition coefficient (Wildman–Crippen LogP) is 4.80. The van der Waals surface area contributed by atoms with Crippen LogP contribution in [0.5, 0.6) is 5.75 Å². The van der Waals surface area contributed by atoms with Crippen molar-refractivity contribution in [3.05, 3.63) is 77.6 Å². The third-order valence-corrected chi connectivity index (χ3v) is 3.83. The van der Waals surface area contributed by atoms with E-state index < -0.39 is 24.3 Å². The van der Waals surface area contributed by atoms with Gasteiger partial charge in [0.1, 0.15) is 5.75 Å². The number of amides is 1. The van der Waals surface area contributed by atoms with Gasteiger partial charge in [-0.3, -0.25) is 9.48 Å². The fraction of sp³-hybridized carbons (Fsp3) is 0.158. The van der Waals surface area contributed by atoms with E-state index in [4.69, 9.17) is 0 Å². The van der Waals surface area contributed by atoms with Crippen LogP contribution >= 0.6 is 0 Å². The number of nitrogens with one attached hydrogen (secondary N) is 1. The Morgan fingerprint density at radius 2 is 1.86 bits per heavy atom. The average molecular weight is 411 g/mol. The summed E-state index contributed by atoms with van der Waals surface area (Å²) in [6.45, 7) is -2.88. The van der Waals surface area contributed by atoms with Crippen LogP contribution in [0.4, 0.5) is 27.6 Å². The summed E-state index contributed by atoms with van der Waals surface area (Å²) in [5.41, 5.74) is 0.178. The van der Waals surface area contributed by atoms with E-state index in [9.17, 15) is 26.7 Å². The molecule has 0 unspecified atom stereocenters. The van der Waals surface area contributed by atoms with Crippen LogP contribution in [0.15, 0.2) is 60.9 Å². The van der Waals surface area contributed by atoms with Crippen molar-refractivity contribution in [2.75, 3.05) is 5.32 Å². The lowest BCUT2D eigenvalue weighted by Gasteiger charge is -2.08. The molecule has 10 heteroatoms. The first-order valence-electron chi connectivity index (χ1n) is 8.25. The molecule has 5 nitrogen and oxygen atoms in total. The van der Waals surface area contributed by atoms with Gasteiger partial charge in [0.25, 0.3) is 5.91 Å². The van der Waals surface area contributed by atoms with Crippen LogP contribution in [0.3, 0.4) is 0 Å². The van der Waals surface area contributed by atoms with E-state index in [-0.39, 0.29) is 17.9 Å². The number of ether oxygens (including phenoxy) is 1. The van der Waals surface area contributed by atoms with E-state index in [2.05, 4.69) is 15.2 Å². The first-order chi connectivity index (χ1) is 13.7. The van der Waals surface area contributed by atoms with Gasteiger partial charge in [-0.1, -0.05) is 12.1 Å². The minimum Gasteiger partial charge on any atom is -0.435 e. The standard InChI is InChI=1S/C19H14F5N3O2/c20-18(21)29-16-6-4-13(5-7-16)17(28)26-15-9-25-27(11-15)10-12-2-1-3-14(8-12)19(22,23)24/h1-9,11,18H,10H2,(H,26,28). The first-order valence-corrected chi connectivity index (χ1v) is 8.25. The number of anilines is 1. The lowest BCUT2D eigenvalue weighted by molar-refractivity contribution is -0.137. The Hall–Kier alpha value is -3.43. The van der Waals surface area contributed by atoms with Crippen LogP contribution in [-0.4, -0.2) is 22.3 Å². The summed E-state index contributed by atoms with van der Waals surface area (Å²) in [6.07, 6.45) is -1.62. The zero-order chi connectivity index (χ0) is 21.0. The number of carbonyl (C=O) groups excluding carboxylic acids is 1. The molecular weight excluding hydrogens is 397 g/mol. The molecule has 1 heterocycles. The van der Waals surface area contributed by atoms with E-state index >= 15 is 0 Å². The zero-order valence-electron chi connectivity index (χ0n) is 14.7. The van der Waals surface area contributed by atoms with Gasteiger partial charge in [0.2, 0.25) is 0 Å². The van der Waals surface area contributed by atoms with Gasteiger partial charge < -0.3 is 10.1 Å². The molecule has 1 amide bonds. The van der Waals surface area contributed by atoms with Crippen molar-refractivity contribution in [3.63, 3.8) is 0 Å². The third-order valence-electron chi connectivity index (χ3n) is 3.83. The predicted molar refractivity (Wildman–Crippen MR) is 93.8 cm³/mol. The van der Waals surface area contributed by atoms with Crippen molar-refractivity contribution in [3.8, 4) is 5.75 Å². The van der Waals surface area contributed by atoms with E-state index in [0.29, 0.717) is 11.3 Å². The molecule has 0 atom stereocenters. The molecule has 29 heavy (non-hydrogen) atoms. The van der Waals surface area contributed by atoms with Crippen LogP contribution in [0.2, 0.25) is 0 Å². The molecule has 3 rings (SSSR count). The summed E-state index contributed by atoms with van der Waals surface area (Å²) >= 11 is 0. The number of hydrogen-bond donors (Lipinski definition) is 1. The number of halogens is 5. The van der Waals surface area contributed by atoms with Crippen molar-refractivity contribution < 1.29 is 31.5 Å². The van der Waals surface area contributed by atoms with Crippen LogP contribution < -0.4 is 10.1 Å². The van der Waals surface area contributed by atoms with Gasteiger partial charge in [0.15, 0.2) is 0 Å². The average Bonchev–Trinajstić information content (AvgIpc) is 3.08. The van der Waals surface area contributed by atoms with Gasteiger partial charge in [-0.15, -0.1) is 0 Å². The maximum atomic E-state index is 12.8. The van der Waals surface area contributed by atoms with E-state index in [0.717, 1.165) is 12.1 Å². The van der Waals surface area contributed by atoms with Crippen molar-refractivity contribution in [1.82, 2.24) is 9.78 Å². The molecule has 0 fully saturated rings. The number of alkyl halides is 5. The maximum Gasteiger partial charge on any atom is 0.416 e. The number of rotatable bonds is 6. The topological polar surface area (TPSA) is 56.2 Å². The molecule has 1 aromatic heterocycles. The van der Waals surface area contributed by atoms with Gasteiger partial charge >= 0.3 is 12.8 Å². The third kappa shape index (κ3) is 5.53. The van der Waals surface area contributed by atoms with Crippen LogP contribution in [0, 0.1) is 0 Å². The highest BCUT2D eigenvalue weighted by molar-refractivity contribution is 6.04. The van der Waals surface area contributed by atoms with Gasteiger partial charge in [-0.05, 0) is 42.0 Å². The van der Waals surface area contributed by atoms with Crippen molar-refractivity contribution in [2.24, 2.45) is 0 Å². The second-order valence-electron chi connectivity index (χ2n) is 5.98. The Bertz CT molecular complexity index is 984. The fourth-order valence-corrected chi connectivity index (χ4v) is 2.54. The van der Waals surface area contributed by atoms with Crippen molar-refractivity contribution in [2.45, 2.75) is 19.3 Å². The minimum absolute atomic E-state index is 0.0783. The molecule has 3 aromatic rings. The molecule has 152 valence electrons. The highest BCUT2D eigenvalue weighted by Gasteiger charge is 2.30. The fourth-order valence-electron chi connectivity index (χ4n) is 2.54. The Kier molecular flexibility index (Phi) is 5.81. The highest BCUT2D eigenvalue weighted by Crippen LogP contribution is 2.29. The second-order valence-corrected chi connectivity index (χ2v) is 5.98. The molecule has 0 aliphatic heterocycles. The van der Waals surface area contributed by atoms with Gasteiger partial charge in [0.05, 0.1) is 24.0 Å². The van der Waals surface area contributed by atoms with E-state index in [1.54, 1.807) is 0 Å². The number of hydrogen-bond acceptors (Lipinski definition) is 3. The van der Waals surface area contributed by atoms with Crippen LogP contribution in [0.1, 0.15) is 21.5 Å². The number of nitrogens with zero attached hydrogens (tertiary/aromatic N) is 2. The molecule has 1 N–H and O–H groups in total. The first kappa shape index (κ1) is 20.3. The lowest BCUT2D eigenvalue weighted by atomic mass is 10.1. The Labute approximate surface area is 161 Å². The minimum atomic E-state index is -4.44. The Balaban J connectivity index is 1.64. The zero-order valence-corrected chi connectivity index (χ0v) is 14.7. The van der Waals surface area contributed by atoms with Gasteiger partial charge in [-0.2, -0.15) is 27.1 Å². The van der Waals surface area contributed by atoms with Gasteiger partial charge in [0, 0.05) is 11.8 Å². The number of benzene rings is 2. The quantitative estimate of drug-likeness (QED) is 0.593. The summed E-state index contributed by atoms with van der Waals surface area (Å²) in [6, 6.07) is 9.97. The van der Waals surface area contributed by atoms with E-state index in [1.807, 2.05) is 0 Å². The van der Waals surface area contributed by atoms with E-state index in [1.165, 1.54) is 53.5 Å². The Morgan fingerprint density at radius 1 is 1.14 bits per heavy atom. The molecule has 0 aliphatic carbocycles. The van der Waals surface area contributed by atoms with Crippen molar-refractivity contribution >= 4 is 11.6 Å². The van der Waals surface area contributed by atoms with Gasteiger partial charge in [-0.25, -0.2) is 0 Å². The highest BCUT2D eigenvalue weighted by atomic mass is 19.4. The van der Waals surface area contributed by atoms with Crippen LogP contribution in [0.25, 0.3) is 0 Å². The molecule has 0 saturated heterocycles. The summed E-state index contributed by atoms with van der Waals surface area (Å²) in [4.78, 5) is 12.2. The second kappa shape index (κ2) is 8.29. The maximum absolute atomic E-state index is 12.8. The summed E-state index contributed by atoms with van der Waals surface area (Å²) in [7, 11) is 0. The van der Waals surface area contributed by atoms with Crippen LogP contribution in [-0.2, 0) is 12.7 Å². The SMILES string of the molecule is O=C(Nc1cnn(Cc2cccc(C(F)(F)F)c2)c1)c1ccc(OC(F)F)cc1. The smallest absolute Gasteiger partial charge is 0.416 e. The monoisotopic (exact) mass is 411 g/mol. The Morgan fingerprint density at radius 3 is 2.52 bits per heavy atom. The molecule has 0 saturated carbocycles. The normalized spacial score (nSPS) is 11.5. The lowest BCUT2D eigenvalue weighted by Crippen LogP contribution is -2.11.